The van der Waals surface area contributed by atoms with Crippen LogP contribution in [0.5, 0.6) is 0 Å². The summed E-state index contributed by atoms with van der Waals surface area (Å²) in [4.78, 5) is 39.4. The number of rotatable bonds is 4. The van der Waals surface area contributed by atoms with Crippen LogP contribution in [-0.4, -0.2) is 54.9 Å². The van der Waals surface area contributed by atoms with Crippen LogP contribution in [0.15, 0.2) is 18.2 Å². The molecule has 2 aliphatic heterocycles. The number of hydrogen-bond acceptors (Lipinski definition) is 5. The highest BCUT2D eigenvalue weighted by Crippen LogP contribution is 2.35. The molecule has 1 unspecified atom stereocenters. The zero-order chi connectivity index (χ0) is 18.9. The Kier molecular flexibility index (Phi) is 4.84. The molecule has 1 aromatic carbocycles. The van der Waals surface area contributed by atoms with Crippen molar-refractivity contribution in [3.8, 4) is 0 Å². The smallest absolute Gasteiger partial charge is 0.282 e. The molecule has 2 heterocycles. The van der Waals surface area contributed by atoms with Crippen LogP contribution in [0, 0.1) is 15.5 Å². The molecule has 2 amide bonds. The van der Waals surface area contributed by atoms with Crippen LogP contribution in [0.3, 0.4) is 0 Å². The second-order valence-corrected chi connectivity index (χ2v) is 7.27. The van der Waals surface area contributed by atoms with Crippen molar-refractivity contribution < 1.29 is 14.5 Å². The number of nitrogens with zero attached hydrogens (tertiary/aromatic N) is 3. The van der Waals surface area contributed by atoms with Gasteiger partial charge in [0, 0.05) is 45.0 Å². The molecule has 3 rings (SSSR count). The molecule has 0 radical (unpaired) electrons. The van der Waals surface area contributed by atoms with E-state index in [2.05, 4.69) is 5.32 Å². The Balaban J connectivity index is 1.90. The van der Waals surface area contributed by atoms with Crippen LogP contribution in [0.4, 0.5) is 11.4 Å². The number of carbonyl (C=O) groups excluding carboxylic acids is 2. The predicted molar refractivity (Wildman–Crippen MR) is 97.2 cm³/mol. The number of likely N-dealkylation sites (tertiary alicyclic amines) is 1. The van der Waals surface area contributed by atoms with Gasteiger partial charge >= 0.3 is 0 Å². The molecule has 1 N–H and O–H groups in total. The molecular weight excluding hydrogens is 336 g/mol. The van der Waals surface area contributed by atoms with E-state index < -0.39 is 10.3 Å². The molecule has 0 aliphatic carbocycles. The molecule has 0 aromatic heterocycles. The molecular formula is C18H24N4O4. The minimum absolute atomic E-state index is 0.0183. The normalized spacial score (nSPS) is 22.5. The molecule has 8 nitrogen and oxygen atoms in total. The molecule has 26 heavy (non-hydrogen) atoms. The maximum atomic E-state index is 12.8. The van der Waals surface area contributed by atoms with Crippen LogP contribution in [0.2, 0.25) is 0 Å². The van der Waals surface area contributed by atoms with Gasteiger partial charge in [-0.1, -0.05) is 0 Å². The topological polar surface area (TPSA) is 95.8 Å². The summed E-state index contributed by atoms with van der Waals surface area (Å²) in [5.41, 5.74) is 0.197. The number of nitro groups is 1. The number of nitro benzene ring substituents is 1. The fourth-order valence-electron chi connectivity index (χ4n) is 3.81. The number of amides is 2. The van der Waals surface area contributed by atoms with E-state index in [0.717, 1.165) is 18.5 Å². The van der Waals surface area contributed by atoms with Crippen molar-refractivity contribution in [1.82, 2.24) is 10.2 Å². The first-order valence-electron chi connectivity index (χ1n) is 8.90. The van der Waals surface area contributed by atoms with E-state index in [0.29, 0.717) is 32.6 Å². The summed E-state index contributed by atoms with van der Waals surface area (Å²) in [6.07, 6.45) is 2.55. The van der Waals surface area contributed by atoms with E-state index in [9.17, 15) is 19.7 Å². The van der Waals surface area contributed by atoms with Crippen molar-refractivity contribution in [1.29, 1.82) is 0 Å². The fraction of sp³-hybridized carbons (Fsp3) is 0.556. The Morgan fingerprint density at radius 3 is 2.54 bits per heavy atom. The molecule has 0 bridgehead atoms. The van der Waals surface area contributed by atoms with Gasteiger partial charge in [-0.05, 0) is 38.3 Å². The molecule has 2 saturated heterocycles. The summed E-state index contributed by atoms with van der Waals surface area (Å²) in [5.74, 6) is -0.306. The van der Waals surface area contributed by atoms with Gasteiger partial charge in [-0.15, -0.1) is 0 Å². The summed E-state index contributed by atoms with van der Waals surface area (Å²) < 4.78 is 0. The Morgan fingerprint density at radius 1 is 1.23 bits per heavy atom. The minimum atomic E-state index is -0.508. The lowest BCUT2D eigenvalue weighted by molar-refractivity contribution is -0.385. The molecule has 0 spiro atoms. The van der Waals surface area contributed by atoms with Crippen LogP contribution >= 0.6 is 0 Å². The van der Waals surface area contributed by atoms with Crippen LogP contribution in [-0.2, 0) is 4.79 Å². The molecule has 1 aromatic rings. The van der Waals surface area contributed by atoms with Gasteiger partial charge in [-0.25, -0.2) is 0 Å². The number of carbonyl (C=O) groups is 2. The van der Waals surface area contributed by atoms with Crippen LogP contribution in [0.25, 0.3) is 0 Å². The highest BCUT2D eigenvalue weighted by Gasteiger charge is 2.40. The average Bonchev–Trinajstić information content (AvgIpc) is 3.30. The van der Waals surface area contributed by atoms with Crippen molar-refractivity contribution in [2.24, 2.45) is 5.41 Å². The molecule has 2 fully saturated rings. The third kappa shape index (κ3) is 3.23. The Morgan fingerprint density at radius 2 is 1.92 bits per heavy atom. The molecule has 2 aliphatic rings. The van der Waals surface area contributed by atoms with Gasteiger partial charge in [0.25, 0.3) is 11.6 Å². The standard InChI is InChI=1S/C18H24N4O4/c1-18(17(24)19-2)7-10-21(12-18)13-5-6-15(22(25)26)14(11-13)16(23)20-8-3-4-9-20/h5-6,11H,3-4,7-10,12H2,1-2H3,(H,19,24). The highest BCUT2D eigenvalue weighted by molar-refractivity contribution is 5.99. The van der Waals surface area contributed by atoms with E-state index in [-0.39, 0.29) is 23.1 Å². The number of anilines is 1. The summed E-state index contributed by atoms with van der Waals surface area (Å²) in [6, 6.07) is 4.66. The van der Waals surface area contributed by atoms with Gasteiger partial charge in [0.15, 0.2) is 0 Å². The van der Waals surface area contributed by atoms with Gasteiger partial charge in [-0.3, -0.25) is 19.7 Å². The Bertz CT molecular complexity index is 745. The summed E-state index contributed by atoms with van der Waals surface area (Å²) >= 11 is 0. The molecule has 140 valence electrons. The second kappa shape index (κ2) is 6.93. The molecule has 0 saturated carbocycles. The summed E-state index contributed by atoms with van der Waals surface area (Å²) in [5, 5.41) is 14.1. The van der Waals surface area contributed by atoms with E-state index >= 15 is 0 Å². The van der Waals surface area contributed by atoms with Crippen LogP contribution < -0.4 is 10.2 Å². The van der Waals surface area contributed by atoms with Gasteiger partial charge in [0.05, 0.1) is 10.3 Å². The zero-order valence-corrected chi connectivity index (χ0v) is 15.2. The van der Waals surface area contributed by atoms with E-state index in [1.807, 2.05) is 11.8 Å². The lowest BCUT2D eigenvalue weighted by Gasteiger charge is -2.24. The Labute approximate surface area is 152 Å². The first-order valence-corrected chi connectivity index (χ1v) is 8.90. The fourth-order valence-corrected chi connectivity index (χ4v) is 3.81. The zero-order valence-electron chi connectivity index (χ0n) is 15.2. The van der Waals surface area contributed by atoms with Crippen molar-refractivity contribution >= 4 is 23.2 Å². The van der Waals surface area contributed by atoms with Crippen LogP contribution in [0.1, 0.15) is 36.5 Å². The quantitative estimate of drug-likeness (QED) is 0.652. The maximum absolute atomic E-state index is 12.8. The van der Waals surface area contributed by atoms with Gasteiger partial charge in [-0.2, -0.15) is 0 Å². The van der Waals surface area contributed by atoms with E-state index in [1.165, 1.54) is 6.07 Å². The lowest BCUT2D eigenvalue weighted by Crippen LogP contribution is -2.39. The third-order valence-corrected chi connectivity index (χ3v) is 5.41. The number of nitrogens with one attached hydrogen (secondary N) is 1. The summed E-state index contributed by atoms with van der Waals surface area (Å²) in [7, 11) is 1.62. The van der Waals surface area contributed by atoms with Crippen molar-refractivity contribution in [2.45, 2.75) is 26.2 Å². The largest absolute Gasteiger partial charge is 0.370 e. The monoisotopic (exact) mass is 360 g/mol. The molecule has 8 heteroatoms. The van der Waals surface area contributed by atoms with Gasteiger partial charge in [0.1, 0.15) is 5.56 Å². The average molecular weight is 360 g/mol. The minimum Gasteiger partial charge on any atom is -0.370 e. The van der Waals surface area contributed by atoms with Gasteiger partial charge < -0.3 is 15.1 Å². The highest BCUT2D eigenvalue weighted by atomic mass is 16.6. The lowest BCUT2D eigenvalue weighted by atomic mass is 9.89. The van der Waals surface area contributed by atoms with E-state index in [4.69, 9.17) is 0 Å². The maximum Gasteiger partial charge on any atom is 0.282 e. The van der Waals surface area contributed by atoms with Crippen molar-refractivity contribution in [3.63, 3.8) is 0 Å². The summed E-state index contributed by atoms with van der Waals surface area (Å²) in [6.45, 7) is 4.37. The SMILES string of the molecule is CNC(=O)C1(C)CCN(c2ccc([N+](=O)[O-])c(C(=O)N3CCCC3)c2)C1. The van der Waals surface area contributed by atoms with Crippen molar-refractivity contribution in [2.75, 3.05) is 38.1 Å². The third-order valence-electron chi connectivity index (χ3n) is 5.41. The first kappa shape index (κ1) is 18.2. The Hall–Kier alpha value is -2.64. The number of hydrogen-bond donors (Lipinski definition) is 1. The van der Waals surface area contributed by atoms with Crippen molar-refractivity contribution in [3.05, 3.63) is 33.9 Å². The molecule has 1 atom stereocenters. The number of benzene rings is 1. The first-order chi connectivity index (χ1) is 12.4. The van der Waals surface area contributed by atoms with E-state index in [1.54, 1.807) is 24.1 Å². The van der Waals surface area contributed by atoms with Gasteiger partial charge in [0.2, 0.25) is 5.91 Å². The predicted octanol–water partition coefficient (Wildman–Crippen LogP) is 1.79. The second-order valence-electron chi connectivity index (χ2n) is 7.27.